The van der Waals surface area contributed by atoms with Crippen LogP contribution < -0.4 is 10.5 Å². The van der Waals surface area contributed by atoms with E-state index in [2.05, 4.69) is 10.2 Å². The van der Waals surface area contributed by atoms with Crippen LogP contribution in [0.1, 0.15) is 43.4 Å². The summed E-state index contributed by atoms with van der Waals surface area (Å²) < 4.78 is 34.4. The van der Waals surface area contributed by atoms with Gasteiger partial charge in [0.1, 0.15) is 5.69 Å². The molecule has 1 saturated carbocycles. The largest absolute Gasteiger partial charge is 0.468 e. The highest BCUT2D eigenvalue weighted by atomic mass is 19.3. The Balaban J connectivity index is 1.48. The lowest BCUT2D eigenvalue weighted by molar-refractivity contribution is -0.0738. The van der Waals surface area contributed by atoms with Gasteiger partial charge in [0.15, 0.2) is 12.4 Å². The molecule has 3 heterocycles. The minimum atomic E-state index is -2.79. The van der Waals surface area contributed by atoms with Gasteiger partial charge >= 0.3 is 0 Å². The van der Waals surface area contributed by atoms with Crippen molar-refractivity contribution in [3.8, 4) is 34.0 Å². The molecule has 2 aliphatic rings. The van der Waals surface area contributed by atoms with Gasteiger partial charge in [-0.05, 0) is 37.0 Å². The van der Waals surface area contributed by atoms with Gasteiger partial charge in [-0.3, -0.25) is 4.57 Å². The predicted octanol–water partition coefficient (Wildman–Crippen LogP) is 4.53. The number of aromatic nitrogens is 4. The first kappa shape index (κ1) is 21.8. The van der Waals surface area contributed by atoms with Gasteiger partial charge in [-0.1, -0.05) is 54.6 Å². The smallest absolute Gasteiger partial charge is 0.297 e. The summed E-state index contributed by atoms with van der Waals surface area (Å²) in [5, 5.41) is 17.7. The van der Waals surface area contributed by atoms with Crippen molar-refractivity contribution in [3.05, 3.63) is 77.9 Å². The number of nitrogens with two attached hydrogens (primary N) is 1. The van der Waals surface area contributed by atoms with Crippen LogP contribution in [0.5, 0.6) is 5.88 Å². The highest BCUT2D eigenvalue weighted by molar-refractivity contribution is 5.83. The van der Waals surface area contributed by atoms with Crippen LogP contribution in [0, 0.1) is 0 Å². The van der Waals surface area contributed by atoms with Crippen LogP contribution in [0.4, 0.5) is 8.78 Å². The summed E-state index contributed by atoms with van der Waals surface area (Å²) in [4.78, 5) is 4.77. The molecule has 0 saturated heterocycles. The molecule has 3 N–H and O–H groups in total. The Labute approximate surface area is 200 Å². The van der Waals surface area contributed by atoms with Gasteiger partial charge in [0.2, 0.25) is 11.7 Å². The lowest BCUT2D eigenvalue weighted by Gasteiger charge is -2.49. The third-order valence-electron chi connectivity index (χ3n) is 6.71. The van der Waals surface area contributed by atoms with E-state index >= 15 is 0 Å². The molecule has 9 heteroatoms. The van der Waals surface area contributed by atoms with Crippen molar-refractivity contribution >= 4 is 0 Å². The zero-order valence-electron chi connectivity index (χ0n) is 18.9. The first-order valence-electron chi connectivity index (χ1n) is 11.3. The molecule has 2 aromatic heterocycles. The van der Waals surface area contributed by atoms with Gasteiger partial charge in [-0.2, -0.15) is 0 Å². The van der Waals surface area contributed by atoms with Crippen molar-refractivity contribution in [1.82, 2.24) is 19.7 Å². The normalized spacial score (nSPS) is 22.8. The topological polar surface area (TPSA) is 99.1 Å². The summed E-state index contributed by atoms with van der Waals surface area (Å²) in [7, 11) is 0. The number of nitrogens with zero attached hydrogens (tertiary/aromatic N) is 4. The van der Waals surface area contributed by atoms with Gasteiger partial charge in [-0.25, -0.2) is 13.8 Å². The number of aliphatic hydroxyl groups is 1. The Bertz CT molecular complexity index is 1410. The highest BCUT2D eigenvalue weighted by Crippen LogP contribution is 2.47. The van der Waals surface area contributed by atoms with Gasteiger partial charge in [0.05, 0.1) is 11.3 Å². The van der Waals surface area contributed by atoms with E-state index in [1.165, 1.54) is 4.57 Å². The number of alkyl halides is 2. The second kappa shape index (κ2) is 7.66. The minimum Gasteiger partial charge on any atom is -0.468 e. The molecule has 0 spiro atoms. The van der Waals surface area contributed by atoms with Gasteiger partial charge < -0.3 is 15.6 Å². The van der Waals surface area contributed by atoms with Crippen LogP contribution in [0.3, 0.4) is 0 Å². The second-order valence-electron chi connectivity index (χ2n) is 9.56. The summed E-state index contributed by atoms with van der Waals surface area (Å²) >= 11 is 0. The Morgan fingerprint density at radius 2 is 1.74 bits per heavy atom. The van der Waals surface area contributed by atoms with Crippen molar-refractivity contribution in [2.24, 2.45) is 5.73 Å². The van der Waals surface area contributed by atoms with Crippen LogP contribution >= 0.6 is 0 Å². The van der Waals surface area contributed by atoms with Crippen LogP contribution in [-0.4, -0.2) is 30.5 Å². The molecule has 0 amide bonds. The molecule has 1 aliphatic heterocycles. The van der Waals surface area contributed by atoms with Crippen molar-refractivity contribution in [3.63, 3.8) is 0 Å². The zero-order valence-corrected chi connectivity index (χ0v) is 18.9. The number of ether oxygens (including phenoxy) is 1. The average molecular weight is 475 g/mol. The SMILES string of the molecule is C[C@]1(O)C[C@@](N)(c2ccc(-c3nc4c(cc3-c3ccccc3)-n3c(nnc3C(F)F)CO4)cc2)C1. The van der Waals surface area contributed by atoms with Gasteiger partial charge in [0.25, 0.3) is 6.43 Å². The van der Waals surface area contributed by atoms with E-state index in [0.29, 0.717) is 30.0 Å². The lowest BCUT2D eigenvalue weighted by atomic mass is 9.63. The summed E-state index contributed by atoms with van der Waals surface area (Å²) in [6.45, 7) is 1.79. The van der Waals surface area contributed by atoms with Gasteiger partial charge in [0, 0.05) is 16.7 Å². The fraction of sp³-hybridized carbons (Fsp3) is 0.269. The Kier molecular flexibility index (Phi) is 4.77. The molecule has 2 aromatic carbocycles. The molecule has 6 rings (SSSR count). The van der Waals surface area contributed by atoms with E-state index in [0.717, 1.165) is 22.3 Å². The van der Waals surface area contributed by atoms with Crippen molar-refractivity contribution in [2.75, 3.05) is 0 Å². The molecule has 0 radical (unpaired) electrons. The molecule has 0 bridgehead atoms. The number of hydrogen-bond donors (Lipinski definition) is 2. The van der Waals surface area contributed by atoms with E-state index in [4.69, 9.17) is 15.5 Å². The van der Waals surface area contributed by atoms with E-state index in [1.54, 1.807) is 13.0 Å². The number of hydrogen-bond acceptors (Lipinski definition) is 6. The first-order valence-corrected chi connectivity index (χ1v) is 11.3. The predicted molar refractivity (Wildman–Crippen MR) is 125 cm³/mol. The van der Waals surface area contributed by atoms with E-state index < -0.39 is 23.4 Å². The summed E-state index contributed by atoms with van der Waals surface area (Å²) in [6, 6.07) is 19.2. The molecule has 0 unspecified atom stereocenters. The van der Waals surface area contributed by atoms with Gasteiger partial charge in [-0.15, -0.1) is 10.2 Å². The zero-order chi connectivity index (χ0) is 24.4. The van der Waals surface area contributed by atoms with Crippen LogP contribution in [0.25, 0.3) is 28.1 Å². The molecule has 178 valence electrons. The maximum Gasteiger partial charge on any atom is 0.297 e. The number of fused-ring (bicyclic) bond motifs is 3. The maximum atomic E-state index is 13.7. The molecule has 1 aliphatic carbocycles. The molecular formula is C26H23F2N5O2. The third kappa shape index (κ3) is 3.59. The second-order valence-corrected chi connectivity index (χ2v) is 9.56. The van der Waals surface area contributed by atoms with Crippen molar-refractivity contribution in [2.45, 2.75) is 43.9 Å². The molecule has 0 atom stereocenters. The number of pyridine rings is 1. The fourth-order valence-corrected chi connectivity index (χ4v) is 5.24. The standard InChI is InChI=1S/C26H23F2N5O2/c1-25(34)13-26(29,14-25)17-9-7-16(8-10-17)21-18(15-5-3-2-4-6-15)11-19-24(30-21)35-12-20-31-32-23(22(27)28)33(19)20/h2-11,22,34H,12-14,29H2,1H3/t25-,26-. The highest BCUT2D eigenvalue weighted by Gasteiger charge is 2.49. The molecule has 7 nitrogen and oxygen atoms in total. The average Bonchev–Trinajstić information content (AvgIpc) is 3.28. The van der Waals surface area contributed by atoms with Crippen LogP contribution in [0.2, 0.25) is 0 Å². The third-order valence-corrected chi connectivity index (χ3v) is 6.71. The summed E-state index contributed by atoms with van der Waals surface area (Å²) in [6.07, 6.45) is -1.80. The lowest BCUT2D eigenvalue weighted by Crippen LogP contribution is -2.58. The first-order chi connectivity index (χ1) is 16.7. The number of benzene rings is 2. The molecule has 35 heavy (non-hydrogen) atoms. The van der Waals surface area contributed by atoms with E-state index in [-0.39, 0.29) is 12.5 Å². The van der Waals surface area contributed by atoms with E-state index in [1.807, 2.05) is 54.6 Å². The number of rotatable bonds is 4. The summed E-state index contributed by atoms with van der Waals surface area (Å²) in [5.74, 6) is 0.103. The van der Waals surface area contributed by atoms with E-state index in [9.17, 15) is 13.9 Å². The van der Waals surface area contributed by atoms with Crippen molar-refractivity contribution < 1.29 is 18.6 Å². The Morgan fingerprint density at radius 1 is 1.03 bits per heavy atom. The Hall–Kier alpha value is -3.69. The molecular weight excluding hydrogens is 452 g/mol. The molecule has 4 aromatic rings. The number of halogens is 2. The monoisotopic (exact) mass is 475 g/mol. The minimum absolute atomic E-state index is 0.00158. The van der Waals surface area contributed by atoms with Crippen LogP contribution in [0.15, 0.2) is 60.7 Å². The Morgan fingerprint density at radius 3 is 2.40 bits per heavy atom. The fourth-order valence-electron chi connectivity index (χ4n) is 5.24. The summed E-state index contributed by atoms with van der Waals surface area (Å²) in [5.41, 5.74) is 9.64. The maximum absolute atomic E-state index is 13.7. The van der Waals surface area contributed by atoms with Crippen molar-refractivity contribution in [1.29, 1.82) is 0 Å². The quantitative estimate of drug-likeness (QED) is 0.450. The molecule has 1 fully saturated rings. The van der Waals surface area contributed by atoms with Crippen LogP contribution in [-0.2, 0) is 12.1 Å².